The van der Waals surface area contributed by atoms with E-state index in [0.29, 0.717) is 0 Å². The van der Waals surface area contributed by atoms with Gasteiger partial charge in [-0.15, -0.1) is 0 Å². The highest BCUT2D eigenvalue weighted by Crippen LogP contribution is 2.48. The largest absolute Gasteiger partial charge is 0.340 e. The zero-order chi connectivity index (χ0) is 14.6. The third-order valence-corrected chi connectivity index (χ3v) is 4.60. The van der Waals surface area contributed by atoms with Crippen LogP contribution in [0.25, 0.3) is 0 Å². The van der Waals surface area contributed by atoms with Crippen molar-refractivity contribution in [1.29, 1.82) is 0 Å². The highest BCUT2D eigenvalue weighted by Gasteiger charge is 2.55. The minimum atomic E-state index is -0.680. The maximum atomic E-state index is 12.9. The quantitative estimate of drug-likeness (QED) is 0.846. The maximum Gasteiger partial charge on any atom is 0.276 e. The summed E-state index contributed by atoms with van der Waals surface area (Å²) in [6, 6.07) is 11.8. The summed E-state index contributed by atoms with van der Waals surface area (Å²) in [4.78, 5) is 12.9. The van der Waals surface area contributed by atoms with Crippen LogP contribution in [0.4, 0.5) is 0 Å². The molecule has 21 heavy (non-hydrogen) atoms. The molecule has 0 bridgehead atoms. The number of aromatic nitrogens is 1. The van der Waals surface area contributed by atoms with Crippen molar-refractivity contribution < 1.29 is 9.53 Å². The summed E-state index contributed by atoms with van der Waals surface area (Å²) < 4.78 is 8.44. The SMILES string of the molecule is CCC1OC2(CC)c3ccccc3C(=O)N2n2cccc21. The van der Waals surface area contributed by atoms with Gasteiger partial charge in [0.05, 0.1) is 5.69 Å². The van der Waals surface area contributed by atoms with Crippen molar-refractivity contribution >= 4 is 5.91 Å². The number of amides is 1. The monoisotopic (exact) mass is 282 g/mol. The molecule has 0 radical (unpaired) electrons. The molecule has 2 aliphatic heterocycles. The lowest BCUT2D eigenvalue weighted by molar-refractivity contribution is -0.130. The number of hydrogen-bond acceptors (Lipinski definition) is 2. The van der Waals surface area contributed by atoms with Crippen LogP contribution in [0.3, 0.4) is 0 Å². The molecule has 1 aromatic carbocycles. The summed E-state index contributed by atoms with van der Waals surface area (Å²) in [5.74, 6) is 0.0134. The van der Waals surface area contributed by atoms with Gasteiger partial charge in [0.1, 0.15) is 6.10 Å². The van der Waals surface area contributed by atoms with E-state index in [1.807, 2.05) is 47.3 Å². The molecule has 0 spiro atoms. The highest BCUT2D eigenvalue weighted by molar-refractivity contribution is 6.07. The fraction of sp³-hybridized carbons (Fsp3) is 0.353. The molecule has 0 fully saturated rings. The number of rotatable bonds is 2. The van der Waals surface area contributed by atoms with E-state index in [-0.39, 0.29) is 12.0 Å². The average Bonchev–Trinajstić information content (AvgIpc) is 3.09. The molecule has 2 unspecified atom stereocenters. The van der Waals surface area contributed by atoms with Crippen molar-refractivity contribution in [3.63, 3.8) is 0 Å². The third-order valence-electron chi connectivity index (χ3n) is 4.60. The molecule has 4 nitrogen and oxygen atoms in total. The Hall–Kier alpha value is -2.07. The van der Waals surface area contributed by atoms with Crippen molar-refractivity contribution in [3.05, 3.63) is 59.4 Å². The lowest BCUT2D eigenvalue weighted by Gasteiger charge is -2.46. The Balaban J connectivity index is 2.00. The van der Waals surface area contributed by atoms with Crippen LogP contribution in [0.5, 0.6) is 0 Å². The first-order chi connectivity index (χ1) is 10.2. The van der Waals surface area contributed by atoms with E-state index in [1.54, 1.807) is 5.01 Å². The van der Waals surface area contributed by atoms with E-state index in [0.717, 1.165) is 29.7 Å². The fourth-order valence-electron chi connectivity index (χ4n) is 3.62. The number of carbonyl (C=O) groups excluding carboxylic acids is 1. The maximum absolute atomic E-state index is 12.9. The van der Waals surface area contributed by atoms with Gasteiger partial charge >= 0.3 is 0 Å². The van der Waals surface area contributed by atoms with Gasteiger partial charge in [-0.3, -0.25) is 9.47 Å². The second-order valence-corrected chi connectivity index (χ2v) is 5.59. The van der Waals surface area contributed by atoms with E-state index >= 15 is 0 Å². The molecule has 0 N–H and O–H groups in total. The second-order valence-electron chi connectivity index (χ2n) is 5.59. The number of carbonyl (C=O) groups is 1. The van der Waals surface area contributed by atoms with Crippen molar-refractivity contribution in [2.45, 2.75) is 38.5 Å². The molecule has 0 saturated heterocycles. The first kappa shape index (κ1) is 12.7. The van der Waals surface area contributed by atoms with Gasteiger partial charge in [0.15, 0.2) is 5.72 Å². The van der Waals surface area contributed by atoms with Crippen LogP contribution < -0.4 is 5.01 Å². The molecule has 4 rings (SSSR count). The molecule has 0 saturated carbocycles. The van der Waals surface area contributed by atoms with E-state index in [9.17, 15) is 4.79 Å². The van der Waals surface area contributed by atoms with Crippen molar-refractivity contribution in [1.82, 2.24) is 4.68 Å². The molecule has 1 aromatic heterocycles. The summed E-state index contributed by atoms with van der Waals surface area (Å²) >= 11 is 0. The van der Waals surface area contributed by atoms with Gasteiger partial charge in [0, 0.05) is 17.3 Å². The summed E-state index contributed by atoms with van der Waals surface area (Å²) in [5, 5.41) is 1.78. The predicted octanol–water partition coefficient (Wildman–Crippen LogP) is 3.32. The number of ether oxygens (including phenoxy) is 1. The van der Waals surface area contributed by atoms with Gasteiger partial charge in [0.2, 0.25) is 0 Å². The highest BCUT2D eigenvalue weighted by atomic mass is 16.5. The Labute approximate surface area is 123 Å². The Kier molecular flexibility index (Phi) is 2.54. The van der Waals surface area contributed by atoms with Crippen molar-refractivity contribution in [3.8, 4) is 0 Å². The van der Waals surface area contributed by atoms with Crippen molar-refractivity contribution in [2.75, 3.05) is 5.01 Å². The number of nitrogens with zero attached hydrogens (tertiary/aromatic N) is 2. The summed E-state index contributed by atoms with van der Waals surface area (Å²) in [6.45, 7) is 4.19. The molecular weight excluding hydrogens is 264 g/mol. The fourth-order valence-corrected chi connectivity index (χ4v) is 3.62. The van der Waals surface area contributed by atoms with Gasteiger partial charge in [-0.1, -0.05) is 32.0 Å². The Morgan fingerprint density at radius 3 is 2.76 bits per heavy atom. The van der Waals surface area contributed by atoms with Crippen LogP contribution in [0.1, 0.15) is 54.4 Å². The molecule has 4 heteroatoms. The van der Waals surface area contributed by atoms with Crippen LogP contribution in [-0.2, 0) is 10.5 Å². The lowest BCUT2D eigenvalue weighted by atomic mass is 9.98. The molecule has 108 valence electrons. The van der Waals surface area contributed by atoms with E-state index in [1.165, 1.54) is 0 Å². The Bertz CT molecular complexity index is 721. The van der Waals surface area contributed by atoms with Gasteiger partial charge in [-0.25, -0.2) is 5.01 Å². The molecule has 0 aliphatic carbocycles. The van der Waals surface area contributed by atoms with E-state index < -0.39 is 5.72 Å². The molecule has 2 atom stereocenters. The summed E-state index contributed by atoms with van der Waals surface area (Å²) in [6.07, 6.45) is 3.57. The molecule has 2 aromatic rings. The standard InChI is InChI=1S/C17H18N2O2/c1-3-15-14-10-7-11-18(14)19-16(20)12-8-5-6-9-13(12)17(19,4-2)21-15/h5-11,15H,3-4H2,1-2H3. The number of hydrogen-bond donors (Lipinski definition) is 0. The van der Waals surface area contributed by atoms with Gasteiger partial charge in [-0.05, 0) is 31.0 Å². The second kappa shape index (κ2) is 4.21. The average molecular weight is 282 g/mol. The molecule has 1 amide bonds. The van der Waals surface area contributed by atoms with Gasteiger partial charge < -0.3 is 4.74 Å². The van der Waals surface area contributed by atoms with Crippen LogP contribution in [0, 0.1) is 0 Å². The van der Waals surface area contributed by atoms with Gasteiger partial charge in [-0.2, -0.15) is 0 Å². The topological polar surface area (TPSA) is 34.5 Å². The zero-order valence-electron chi connectivity index (χ0n) is 12.2. The Morgan fingerprint density at radius 2 is 2.00 bits per heavy atom. The summed E-state index contributed by atoms with van der Waals surface area (Å²) in [7, 11) is 0. The minimum absolute atomic E-state index is 0.00940. The van der Waals surface area contributed by atoms with Gasteiger partial charge in [0.25, 0.3) is 5.91 Å². The zero-order valence-corrected chi connectivity index (χ0v) is 12.2. The minimum Gasteiger partial charge on any atom is -0.340 e. The lowest BCUT2D eigenvalue weighted by Crippen LogP contribution is -2.56. The predicted molar refractivity (Wildman–Crippen MR) is 79.5 cm³/mol. The first-order valence-corrected chi connectivity index (χ1v) is 7.52. The van der Waals surface area contributed by atoms with Crippen molar-refractivity contribution in [2.24, 2.45) is 0 Å². The van der Waals surface area contributed by atoms with Crippen LogP contribution >= 0.6 is 0 Å². The third kappa shape index (κ3) is 1.40. The molecule has 3 heterocycles. The smallest absolute Gasteiger partial charge is 0.276 e. The number of benzene rings is 1. The van der Waals surface area contributed by atoms with Crippen LogP contribution in [0.2, 0.25) is 0 Å². The first-order valence-electron chi connectivity index (χ1n) is 7.52. The van der Waals surface area contributed by atoms with E-state index in [2.05, 4.69) is 13.8 Å². The Morgan fingerprint density at radius 1 is 1.19 bits per heavy atom. The normalized spacial score (nSPS) is 26.5. The van der Waals surface area contributed by atoms with Crippen LogP contribution in [-0.4, -0.2) is 10.6 Å². The molecular formula is C17H18N2O2. The molecule has 2 aliphatic rings. The number of fused-ring (bicyclic) bond motifs is 5. The van der Waals surface area contributed by atoms with E-state index in [4.69, 9.17) is 4.74 Å². The summed E-state index contributed by atoms with van der Waals surface area (Å²) in [5.41, 5.74) is 2.09. The van der Waals surface area contributed by atoms with Crippen LogP contribution in [0.15, 0.2) is 42.6 Å².